The van der Waals surface area contributed by atoms with E-state index in [4.69, 9.17) is 19.4 Å². The van der Waals surface area contributed by atoms with Crippen molar-refractivity contribution in [1.82, 2.24) is 24.5 Å². The molecule has 49 heavy (non-hydrogen) atoms. The zero-order valence-electron chi connectivity index (χ0n) is 26.9. The Morgan fingerprint density at radius 1 is 0.551 bits per heavy atom. The minimum Gasteiger partial charge on any atom is -0.443 e. The lowest BCUT2D eigenvalue weighted by Crippen LogP contribution is -2.16. The van der Waals surface area contributed by atoms with Gasteiger partial charge in [0.05, 0.1) is 11.0 Å². The first kappa shape index (κ1) is 27.7. The summed E-state index contributed by atoms with van der Waals surface area (Å²) in [5.74, 6) is 1.94. The van der Waals surface area contributed by atoms with Gasteiger partial charge < -0.3 is 8.98 Å². The van der Waals surface area contributed by atoms with E-state index in [9.17, 15) is 0 Å². The Morgan fingerprint density at radius 2 is 1.18 bits per heavy atom. The second-order valence-electron chi connectivity index (χ2n) is 13.2. The molecule has 0 saturated heterocycles. The van der Waals surface area contributed by atoms with Crippen LogP contribution in [0, 0.1) is 0 Å². The van der Waals surface area contributed by atoms with Crippen molar-refractivity contribution < 1.29 is 4.42 Å². The molecule has 6 heteroatoms. The van der Waals surface area contributed by atoms with Crippen molar-refractivity contribution >= 4 is 32.9 Å². The molecule has 9 aromatic rings. The first-order valence-electron chi connectivity index (χ1n) is 16.5. The van der Waals surface area contributed by atoms with Gasteiger partial charge in [-0.2, -0.15) is 0 Å². The van der Waals surface area contributed by atoms with Crippen LogP contribution in [0.4, 0.5) is 0 Å². The Kier molecular flexibility index (Phi) is 5.82. The summed E-state index contributed by atoms with van der Waals surface area (Å²) in [4.78, 5) is 19.5. The van der Waals surface area contributed by atoms with Crippen LogP contribution in [0.2, 0.25) is 0 Å². The molecule has 0 bridgehead atoms. The van der Waals surface area contributed by atoms with Crippen LogP contribution in [0.5, 0.6) is 0 Å². The molecule has 0 spiro atoms. The van der Waals surface area contributed by atoms with Gasteiger partial charge in [-0.15, -0.1) is 0 Å². The predicted molar refractivity (Wildman–Crippen MR) is 196 cm³/mol. The number of hydrogen-bond acceptors (Lipinski definition) is 5. The van der Waals surface area contributed by atoms with Gasteiger partial charge in [-0.3, -0.25) is 0 Å². The molecule has 6 aromatic carbocycles. The number of fused-ring (bicyclic) bond motifs is 8. The van der Waals surface area contributed by atoms with Gasteiger partial charge in [-0.25, -0.2) is 19.9 Å². The quantitative estimate of drug-likeness (QED) is 0.193. The molecule has 3 heterocycles. The lowest BCUT2D eigenvalue weighted by atomic mass is 9.81. The summed E-state index contributed by atoms with van der Waals surface area (Å²) < 4.78 is 8.06. The van der Waals surface area contributed by atoms with Crippen LogP contribution in [-0.2, 0) is 5.41 Å². The molecular weight excluding hydrogens is 603 g/mol. The number of oxazole rings is 1. The van der Waals surface area contributed by atoms with Crippen LogP contribution in [0.1, 0.15) is 25.0 Å². The van der Waals surface area contributed by atoms with Gasteiger partial charge in [-0.05, 0) is 64.7 Å². The SMILES string of the molecule is CC1(C)c2cc(-n3c4ccccc4c4cc(-c5nc(-c6ccccc6)nc(-c6ccccc6)n5)ccc43)ccc2-c2ccc3ocnc3c21. The van der Waals surface area contributed by atoms with E-state index in [1.807, 2.05) is 66.7 Å². The van der Waals surface area contributed by atoms with E-state index >= 15 is 0 Å². The van der Waals surface area contributed by atoms with E-state index in [0.29, 0.717) is 17.5 Å². The van der Waals surface area contributed by atoms with Crippen molar-refractivity contribution in [2.45, 2.75) is 19.3 Å². The maximum absolute atomic E-state index is 5.69. The highest BCUT2D eigenvalue weighted by Gasteiger charge is 2.38. The summed E-state index contributed by atoms with van der Waals surface area (Å²) in [6.07, 6.45) is 1.55. The molecule has 1 aliphatic carbocycles. The number of nitrogens with zero attached hydrogens (tertiary/aromatic N) is 5. The fraction of sp³-hybridized carbons (Fsp3) is 0.0698. The first-order valence-corrected chi connectivity index (χ1v) is 16.5. The maximum atomic E-state index is 5.69. The van der Waals surface area contributed by atoms with Crippen LogP contribution in [-0.4, -0.2) is 24.5 Å². The summed E-state index contributed by atoms with van der Waals surface area (Å²) in [6, 6.07) is 46.4. The second kappa shape index (κ2) is 10.3. The van der Waals surface area contributed by atoms with E-state index in [1.165, 1.54) is 27.6 Å². The van der Waals surface area contributed by atoms with Crippen molar-refractivity contribution in [2.24, 2.45) is 0 Å². The molecule has 0 atom stereocenters. The van der Waals surface area contributed by atoms with Crippen molar-refractivity contribution in [3.63, 3.8) is 0 Å². The Bertz CT molecular complexity index is 2680. The second-order valence-corrected chi connectivity index (χ2v) is 13.2. The van der Waals surface area contributed by atoms with Crippen LogP contribution in [0.3, 0.4) is 0 Å². The van der Waals surface area contributed by atoms with Gasteiger partial charge in [0, 0.05) is 38.6 Å². The molecular formula is C43H29N5O. The lowest BCUT2D eigenvalue weighted by Gasteiger charge is -2.22. The number of rotatable bonds is 4. The normalized spacial score (nSPS) is 13.3. The summed E-state index contributed by atoms with van der Waals surface area (Å²) in [7, 11) is 0. The molecule has 0 radical (unpaired) electrons. The topological polar surface area (TPSA) is 69.6 Å². The number of para-hydroxylation sites is 1. The molecule has 10 rings (SSSR count). The van der Waals surface area contributed by atoms with Crippen LogP contribution < -0.4 is 0 Å². The Labute approximate surface area is 282 Å². The first-order chi connectivity index (χ1) is 24.0. The minimum absolute atomic E-state index is 0.241. The smallest absolute Gasteiger partial charge is 0.181 e. The molecule has 0 amide bonds. The third-order valence-electron chi connectivity index (χ3n) is 9.98. The van der Waals surface area contributed by atoms with Crippen LogP contribution in [0.25, 0.3) is 83.9 Å². The zero-order valence-corrected chi connectivity index (χ0v) is 26.9. The minimum atomic E-state index is -0.241. The average Bonchev–Trinajstić information content (AvgIpc) is 3.83. The summed E-state index contributed by atoms with van der Waals surface area (Å²) in [6.45, 7) is 4.58. The number of hydrogen-bond donors (Lipinski definition) is 0. The molecule has 0 saturated carbocycles. The Balaban J connectivity index is 1.15. The zero-order chi connectivity index (χ0) is 32.7. The van der Waals surface area contributed by atoms with Crippen LogP contribution >= 0.6 is 0 Å². The Hall–Kier alpha value is -6.40. The highest BCUT2D eigenvalue weighted by molar-refractivity contribution is 6.10. The molecule has 0 aliphatic heterocycles. The number of aromatic nitrogens is 5. The Morgan fingerprint density at radius 3 is 1.92 bits per heavy atom. The van der Waals surface area contributed by atoms with Gasteiger partial charge >= 0.3 is 0 Å². The molecule has 1 aliphatic rings. The van der Waals surface area contributed by atoms with Gasteiger partial charge in [0.25, 0.3) is 0 Å². The molecule has 3 aromatic heterocycles. The molecule has 0 unspecified atom stereocenters. The third kappa shape index (κ3) is 4.14. The van der Waals surface area contributed by atoms with Gasteiger partial charge in [0.2, 0.25) is 0 Å². The van der Waals surface area contributed by atoms with Crippen molar-refractivity contribution in [3.05, 3.63) is 151 Å². The summed E-state index contributed by atoms with van der Waals surface area (Å²) in [5.41, 5.74) is 12.7. The highest BCUT2D eigenvalue weighted by Crippen LogP contribution is 2.51. The highest BCUT2D eigenvalue weighted by atomic mass is 16.3. The largest absolute Gasteiger partial charge is 0.443 e. The fourth-order valence-electron chi connectivity index (χ4n) is 7.67. The molecule has 6 nitrogen and oxygen atoms in total. The maximum Gasteiger partial charge on any atom is 0.181 e. The molecule has 0 N–H and O–H groups in total. The third-order valence-corrected chi connectivity index (χ3v) is 9.98. The lowest BCUT2D eigenvalue weighted by molar-refractivity contribution is 0.602. The monoisotopic (exact) mass is 631 g/mol. The summed E-state index contributed by atoms with van der Waals surface area (Å²) >= 11 is 0. The predicted octanol–water partition coefficient (Wildman–Crippen LogP) is 10.4. The number of benzene rings is 6. The molecule has 0 fully saturated rings. The van der Waals surface area contributed by atoms with E-state index in [-0.39, 0.29) is 5.41 Å². The fourth-order valence-corrected chi connectivity index (χ4v) is 7.67. The average molecular weight is 632 g/mol. The van der Waals surface area contributed by atoms with Crippen molar-refractivity contribution in [3.8, 4) is 51.0 Å². The van der Waals surface area contributed by atoms with E-state index < -0.39 is 0 Å². The van der Waals surface area contributed by atoms with Crippen molar-refractivity contribution in [1.29, 1.82) is 0 Å². The van der Waals surface area contributed by atoms with Crippen LogP contribution in [0.15, 0.2) is 144 Å². The van der Waals surface area contributed by atoms with E-state index in [0.717, 1.165) is 49.9 Å². The molecule has 232 valence electrons. The van der Waals surface area contributed by atoms with E-state index in [2.05, 4.69) is 90.1 Å². The summed E-state index contributed by atoms with van der Waals surface area (Å²) in [5, 5.41) is 2.32. The van der Waals surface area contributed by atoms with Gasteiger partial charge in [-0.1, -0.05) is 105 Å². The standard InChI is InChI=1S/C43H29N5O/c1-43(2)34-24-29(18-19-30(34)32-20-22-37-39(38(32)43)44-25-49-37)48-35-16-10-9-15-31(35)33-23-28(17-21-36(33)48)42-46-40(26-11-5-3-6-12-26)45-41(47-42)27-13-7-4-8-14-27/h3-25H,1-2H3. The van der Waals surface area contributed by atoms with Crippen molar-refractivity contribution in [2.75, 3.05) is 0 Å². The van der Waals surface area contributed by atoms with Gasteiger partial charge in [0.1, 0.15) is 5.52 Å². The van der Waals surface area contributed by atoms with Gasteiger partial charge in [0.15, 0.2) is 29.4 Å². The van der Waals surface area contributed by atoms with E-state index in [1.54, 1.807) is 6.39 Å².